The normalized spacial score (nSPS) is 16.9. The minimum Gasteiger partial charge on any atom is -0.444 e. The van der Waals surface area contributed by atoms with Crippen molar-refractivity contribution in [1.82, 2.24) is 24.3 Å². The summed E-state index contributed by atoms with van der Waals surface area (Å²) in [5.74, 6) is -2.40. The number of hydrogen-bond donors (Lipinski definition) is 2. The Balaban J connectivity index is 0.995. The predicted molar refractivity (Wildman–Crippen MR) is 207 cm³/mol. The van der Waals surface area contributed by atoms with E-state index in [4.69, 9.17) is 14.7 Å². The number of pyridine rings is 1. The number of ether oxygens (including phenoxy) is 1. The molecule has 3 aromatic heterocycles. The third-order valence-corrected chi connectivity index (χ3v) is 10.0. The van der Waals surface area contributed by atoms with E-state index in [0.29, 0.717) is 53.0 Å². The number of hydrogen-bond acceptors (Lipinski definition) is 8. The van der Waals surface area contributed by atoms with Crippen molar-refractivity contribution in [2.24, 2.45) is 5.41 Å². The molecule has 2 amide bonds. The monoisotopic (exact) mass is 742 g/mol. The molecule has 2 aliphatic heterocycles. The molecule has 2 fully saturated rings. The van der Waals surface area contributed by atoms with Crippen LogP contribution in [0.15, 0.2) is 103 Å². The largest absolute Gasteiger partial charge is 0.444 e. The summed E-state index contributed by atoms with van der Waals surface area (Å²) < 4.78 is 36.2. The maximum Gasteiger partial charge on any atom is 0.410 e. The van der Waals surface area contributed by atoms with Gasteiger partial charge in [-0.3, -0.25) is 9.20 Å². The Hall–Kier alpha value is -6.37. The molecule has 2 aliphatic rings. The topological polar surface area (TPSA) is 117 Å². The van der Waals surface area contributed by atoms with Gasteiger partial charge in [-0.15, -0.1) is 0 Å². The van der Waals surface area contributed by atoms with Crippen LogP contribution < -0.4 is 15.5 Å². The molecule has 8 rings (SSSR count). The highest BCUT2D eigenvalue weighted by atomic mass is 19.1. The van der Waals surface area contributed by atoms with Gasteiger partial charge in [-0.1, -0.05) is 24.3 Å². The van der Waals surface area contributed by atoms with Crippen molar-refractivity contribution in [2.45, 2.75) is 39.2 Å². The fraction of sp³-hybridized carbons (Fsp3) is 0.262. The summed E-state index contributed by atoms with van der Waals surface area (Å²) in [5, 5.41) is 5.95. The van der Waals surface area contributed by atoms with E-state index in [-0.39, 0.29) is 11.5 Å². The van der Waals surface area contributed by atoms with Crippen molar-refractivity contribution >= 4 is 40.7 Å². The van der Waals surface area contributed by atoms with Crippen molar-refractivity contribution < 1.29 is 23.1 Å². The molecular formula is C42H40F2N8O3. The molecule has 0 bridgehead atoms. The first-order valence-corrected chi connectivity index (χ1v) is 18.2. The number of amides is 2. The minimum atomic E-state index is -0.946. The molecule has 6 aromatic rings. The highest BCUT2D eigenvalue weighted by Gasteiger charge is 2.45. The molecule has 0 radical (unpaired) electrons. The van der Waals surface area contributed by atoms with Gasteiger partial charge in [-0.25, -0.2) is 28.5 Å². The first-order chi connectivity index (χ1) is 26.4. The zero-order valence-corrected chi connectivity index (χ0v) is 30.7. The Morgan fingerprint density at radius 1 is 0.836 bits per heavy atom. The predicted octanol–water partition coefficient (Wildman–Crippen LogP) is 8.57. The average molecular weight is 743 g/mol. The number of imidazole rings is 1. The van der Waals surface area contributed by atoms with Crippen LogP contribution in [-0.4, -0.2) is 68.0 Å². The van der Waals surface area contributed by atoms with Gasteiger partial charge in [0, 0.05) is 66.6 Å². The number of likely N-dealkylation sites (tertiary alicyclic amines) is 1. The van der Waals surface area contributed by atoms with Gasteiger partial charge >= 0.3 is 6.09 Å². The Morgan fingerprint density at radius 2 is 1.60 bits per heavy atom. The van der Waals surface area contributed by atoms with Crippen molar-refractivity contribution in [3.8, 4) is 22.6 Å². The van der Waals surface area contributed by atoms with Crippen molar-refractivity contribution in [2.75, 3.05) is 41.7 Å². The van der Waals surface area contributed by atoms with Crippen LogP contribution in [0.1, 0.15) is 44.0 Å². The fourth-order valence-corrected chi connectivity index (χ4v) is 7.44. The second-order valence-corrected chi connectivity index (χ2v) is 15.1. The van der Waals surface area contributed by atoms with Crippen LogP contribution in [0, 0.1) is 17.0 Å². The lowest BCUT2D eigenvalue weighted by Crippen LogP contribution is -2.37. The number of nitrogens with zero attached hydrogens (tertiary/aromatic N) is 6. The Bertz CT molecular complexity index is 2390. The standard InChI is InChI=1S/C42H40F2N8O3/c1-41(2,3)55-40(54)51-23-19-42(26-51)18-22-50(25-42)30-15-13-28(14-16-30)47-39-45-20-17-33(48-39)37-36(49-34-12-4-5-21-52(34)37)27-8-6-9-29(24-27)46-38(53)35-31(43)10-7-11-32(35)44/h4-17,20-21,24H,18-19,22-23,25-26H2,1-3H3,(H,46,53)(H,45,47,48). The van der Waals surface area contributed by atoms with E-state index >= 15 is 0 Å². The van der Waals surface area contributed by atoms with Gasteiger partial charge in [0.2, 0.25) is 5.95 Å². The van der Waals surface area contributed by atoms with E-state index < -0.39 is 28.7 Å². The molecule has 1 spiro atoms. The third kappa shape index (κ3) is 7.42. The zero-order valence-electron chi connectivity index (χ0n) is 30.7. The molecule has 2 saturated heterocycles. The summed E-state index contributed by atoms with van der Waals surface area (Å²) in [6.45, 7) is 8.90. The molecule has 5 heterocycles. The highest BCUT2D eigenvalue weighted by molar-refractivity contribution is 6.05. The molecule has 1 unspecified atom stereocenters. The van der Waals surface area contributed by atoms with E-state index in [1.165, 1.54) is 6.07 Å². The second-order valence-electron chi connectivity index (χ2n) is 15.1. The second kappa shape index (κ2) is 14.1. The van der Waals surface area contributed by atoms with Gasteiger partial charge in [0.1, 0.15) is 28.4 Å². The van der Waals surface area contributed by atoms with Gasteiger partial charge < -0.3 is 25.2 Å². The summed E-state index contributed by atoms with van der Waals surface area (Å²) in [5.41, 5.74) is 4.40. The lowest BCUT2D eigenvalue weighted by molar-refractivity contribution is 0.0276. The van der Waals surface area contributed by atoms with Crippen molar-refractivity contribution in [3.05, 3.63) is 121 Å². The van der Waals surface area contributed by atoms with Gasteiger partial charge in [-0.05, 0) is 100 Å². The van der Waals surface area contributed by atoms with Crippen LogP contribution >= 0.6 is 0 Å². The van der Waals surface area contributed by atoms with Crippen LogP contribution in [0.5, 0.6) is 0 Å². The molecule has 13 heteroatoms. The van der Waals surface area contributed by atoms with Gasteiger partial charge in [-0.2, -0.15) is 0 Å². The number of anilines is 4. The zero-order chi connectivity index (χ0) is 38.3. The number of nitrogens with one attached hydrogen (secondary N) is 2. The minimum absolute atomic E-state index is 0.0645. The number of benzene rings is 3. The fourth-order valence-electron chi connectivity index (χ4n) is 7.44. The van der Waals surface area contributed by atoms with Crippen LogP contribution in [0.4, 0.5) is 36.6 Å². The maximum atomic E-state index is 14.3. The number of carbonyl (C=O) groups is 2. The summed E-state index contributed by atoms with van der Waals surface area (Å²) in [6.07, 6.45) is 5.31. The Labute approximate surface area is 317 Å². The Kier molecular flexibility index (Phi) is 9.15. The van der Waals surface area contributed by atoms with Gasteiger partial charge in [0.05, 0.1) is 17.1 Å². The molecule has 0 saturated carbocycles. The number of fused-ring (bicyclic) bond motifs is 1. The van der Waals surface area contributed by atoms with Crippen LogP contribution in [0.25, 0.3) is 28.3 Å². The molecule has 3 aromatic carbocycles. The van der Waals surface area contributed by atoms with E-state index in [0.717, 1.165) is 49.4 Å². The van der Waals surface area contributed by atoms with E-state index in [1.807, 2.05) is 72.7 Å². The molecule has 0 aliphatic carbocycles. The van der Waals surface area contributed by atoms with Crippen molar-refractivity contribution in [1.29, 1.82) is 0 Å². The number of rotatable bonds is 7. The summed E-state index contributed by atoms with van der Waals surface area (Å²) in [4.78, 5) is 44.1. The molecule has 2 N–H and O–H groups in total. The van der Waals surface area contributed by atoms with Gasteiger partial charge in [0.15, 0.2) is 0 Å². The summed E-state index contributed by atoms with van der Waals surface area (Å²) in [7, 11) is 0. The summed E-state index contributed by atoms with van der Waals surface area (Å²) >= 11 is 0. The molecular weight excluding hydrogens is 703 g/mol. The van der Waals surface area contributed by atoms with Crippen LogP contribution in [-0.2, 0) is 4.74 Å². The molecule has 1 atom stereocenters. The quantitative estimate of drug-likeness (QED) is 0.167. The molecule has 280 valence electrons. The molecule has 11 nitrogen and oxygen atoms in total. The number of halogens is 2. The van der Waals surface area contributed by atoms with Crippen LogP contribution in [0.3, 0.4) is 0 Å². The average Bonchev–Trinajstić information content (AvgIpc) is 3.89. The third-order valence-electron chi connectivity index (χ3n) is 10.0. The number of carbonyl (C=O) groups excluding carboxylic acids is 2. The molecule has 55 heavy (non-hydrogen) atoms. The first kappa shape index (κ1) is 35.6. The smallest absolute Gasteiger partial charge is 0.410 e. The van der Waals surface area contributed by atoms with Crippen molar-refractivity contribution in [3.63, 3.8) is 0 Å². The lowest BCUT2D eigenvalue weighted by atomic mass is 9.86. The van der Waals surface area contributed by atoms with E-state index in [1.54, 1.807) is 30.5 Å². The maximum absolute atomic E-state index is 14.3. The highest BCUT2D eigenvalue weighted by Crippen LogP contribution is 2.42. The Morgan fingerprint density at radius 3 is 2.38 bits per heavy atom. The first-order valence-electron chi connectivity index (χ1n) is 18.2. The van der Waals surface area contributed by atoms with Gasteiger partial charge in [0.25, 0.3) is 5.91 Å². The lowest BCUT2D eigenvalue weighted by Gasteiger charge is -2.27. The van der Waals surface area contributed by atoms with E-state index in [9.17, 15) is 18.4 Å². The SMILES string of the molecule is CC(C)(C)OC(=O)N1CCC2(CCN(c3ccc(Nc4nccc(-c5c(-c6cccc(NC(=O)c7c(F)cccc7F)c6)nc6ccccn56)n4)cc3)C2)C1. The van der Waals surface area contributed by atoms with Crippen LogP contribution in [0.2, 0.25) is 0 Å². The van der Waals surface area contributed by atoms with E-state index in [2.05, 4.69) is 32.7 Å². The summed E-state index contributed by atoms with van der Waals surface area (Å²) in [6, 6.07) is 25.9. The number of aromatic nitrogens is 4.